The molecule has 29 heavy (non-hydrogen) atoms. The summed E-state index contributed by atoms with van der Waals surface area (Å²) in [5, 5.41) is 2.67. The molecule has 0 bridgehead atoms. The predicted molar refractivity (Wildman–Crippen MR) is 107 cm³/mol. The first kappa shape index (κ1) is 20.5. The van der Waals surface area contributed by atoms with Gasteiger partial charge in [-0.05, 0) is 49.2 Å². The summed E-state index contributed by atoms with van der Waals surface area (Å²) >= 11 is 0. The van der Waals surface area contributed by atoms with Crippen molar-refractivity contribution in [2.45, 2.75) is 12.8 Å². The van der Waals surface area contributed by atoms with Gasteiger partial charge in [-0.2, -0.15) is 0 Å². The maximum absolute atomic E-state index is 14.3. The van der Waals surface area contributed by atoms with E-state index in [1.807, 2.05) is 0 Å². The highest BCUT2D eigenvalue weighted by atomic mass is 19.1. The molecule has 0 atom stereocenters. The van der Waals surface area contributed by atoms with E-state index < -0.39 is 11.8 Å². The molecule has 2 aromatic carbocycles. The third-order valence-corrected chi connectivity index (χ3v) is 4.95. The van der Waals surface area contributed by atoms with E-state index in [0.29, 0.717) is 31.5 Å². The Morgan fingerprint density at radius 1 is 1.10 bits per heavy atom. The van der Waals surface area contributed by atoms with Gasteiger partial charge in [0.25, 0.3) is 0 Å². The number of benzene rings is 2. The molecule has 1 N–H and O–H groups in total. The summed E-state index contributed by atoms with van der Waals surface area (Å²) in [6.07, 6.45) is 3.78. The third kappa shape index (κ3) is 5.19. The van der Waals surface area contributed by atoms with E-state index >= 15 is 0 Å². The van der Waals surface area contributed by atoms with Crippen molar-refractivity contribution in [3.05, 3.63) is 65.7 Å². The van der Waals surface area contributed by atoms with Crippen LogP contribution in [0.25, 0.3) is 6.08 Å². The van der Waals surface area contributed by atoms with Gasteiger partial charge in [0.05, 0.1) is 12.8 Å². The lowest BCUT2D eigenvalue weighted by atomic mass is 9.95. The van der Waals surface area contributed by atoms with Gasteiger partial charge in [-0.1, -0.05) is 12.1 Å². The first-order valence-corrected chi connectivity index (χ1v) is 9.34. The summed E-state index contributed by atoms with van der Waals surface area (Å²) in [7, 11) is 1.25. The highest BCUT2D eigenvalue weighted by molar-refractivity contribution is 5.96. The van der Waals surface area contributed by atoms with Crippen molar-refractivity contribution in [2.24, 2.45) is 5.92 Å². The number of carbonyl (C=O) groups is 2. The van der Waals surface area contributed by atoms with Gasteiger partial charge in [-0.15, -0.1) is 0 Å². The van der Waals surface area contributed by atoms with Crippen molar-refractivity contribution in [3.8, 4) is 0 Å². The molecule has 0 radical (unpaired) electrons. The Kier molecular flexibility index (Phi) is 6.59. The molecular weight excluding hydrogens is 378 g/mol. The monoisotopic (exact) mass is 400 g/mol. The topological polar surface area (TPSA) is 58.6 Å². The second kappa shape index (κ2) is 9.32. The van der Waals surface area contributed by atoms with Crippen LogP contribution in [-0.4, -0.2) is 32.1 Å². The van der Waals surface area contributed by atoms with E-state index in [2.05, 4.69) is 15.0 Å². The van der Waals surface area contributed by atoms with Gasteiger partial charge in [0, 0.05) is 36.3 Å². The largest absolute Gasteiger partial charge is 0.466 e. The summed E-state index contributed by atoms with van der Waals surface area (Å²) < 4.78 is 31.9. The van der Waals surface area contributed by atoms with Crippen LogP contribution in [0.15, 0.2) is 48.5 Å². The van der Waals surface area contributed by atoms with Gasteiger partial charge in [-0.25, -0.2) is 13.6 Å². The smallest absolute Gasteiger partial charge is 0.330 e. The fourth-order valence-electron chi connectivity index (χ4n) is 3.31. The minimum atomic E-state index is -0.575. The van der Waals surface area contributed by atoms with Crippen LogP contribution in [0, 0.1) is 17.6 Å². The Morgan fingerprint density at radius 3 is 2.45 bits per heavy atom. The lowest BCUT2D eigenvalue weighted by Crippen LogP contribution is -2.38. The zero-order valence-electron chi connectivity index (χ0n) is 16.0. The molecule has 0 saturated carbocycles. The van der Waals surface area contributed by atoms with Gasteiger partial charge >= 0.3 is 5.97 Å². The molecule has 2 aromatic rings. The molecule has 1 fully saturated rings. The van der Waals surface area contributed by atoms with Crippen LogP contribution in [0.4, 0.5) is 20.2 Å². The number of halogens is 2. The van der Waals surface area contributed by atoms with Crippen LogP contribution >= 0.6 is 0 Å². The van der Waals surface area contributed by atoms with Gasteiger partial charge in [-0.3, -0.25) is 4.79 Å². The molecule has 1 aliphatic heterocycles. The van der Waals surface area contributed by atoms with Crippen molar-refractivity contribution < 1.29 is 23.1 Å². The normalized spacial score (nSPS) is 14.8. The van der Waals surface area contributed by atoms with Crippen LogP contribution in [-0.2, 0) is 14.3 Å². The van der Waals surface area contributed by atoms with Crippen molar-refractivity contribution in [1.82, 2.24) is 0 Å². The molecule has 0 spiro atoms. The maximum Gasteiger partial charge on any atom is 0.330 e. The van der Waals surface area contributed by atoms with Gasteiger partial charge in [0.2, 0.25) is 5.91 Å². The van der Waals surface area contributed by atoms with Crippen LogP contribution in [0.3, 0.4) is 0 Å². The van der Waals surface area contributed by atoms with E-state index in [4.69, 9.17) is 0 Å². The zero-order chi connectivity index (χ0) is 20.8. The number of carbonyl (C=O) groups excluding carboxylic acids is 2. The molecule has 5 nitrogen and oxygen atoms in total. The van der Waals surface area contributed by atoms with Gasteiger partial charge in [0.15, 0.2) is 0 Å². The number of piperidine rings is 1. The van der Waals surface area contributed by atoms with E-state index in [1.165, 1.54) is 43.5 Å². The predicted octanol–water partition coefficient (Wildman–Crippen LogP) is 4.01. The number of methoxy groups -OCH3 is 1. The average Bonchev–Trinajstić information content (AvgIpc) is 2.74. The summed E-state index contributed by atoms with van der Waals surface area (Å²) in [6.45, 7) is 1.30. The Labute approximate surface area is 168 Å². The number of nitrogens with one attached hydrogen (secondary N) is 1. The number of rotatable bonds is 5. The van der Waals surface area contributed by atoms with Crippen LogP contribution in [0.5, 0.6) is 0 Å². The highest BCUT2D eigenvalue weighted by Crippen LogP contribution is 2.27. The van der Waals surface area contributed by atoms with Crippen molar-refractivity contribution in [2.75, 3.05) is 30.4 Å². The fourth-order valence-corrected chi connectivity index (χ4v) is 3.31. The number of hydrogen-bond donors (Lipinski definition) is 1. The number of hydrogen-bond acceptors (Lipinski definition) is 4. The Balaban J connectivity index is 1.65. The molecule has 7 heteroatoms. The molecule has 0 unspecified atom stereocenters. The summed E-state index contributed by atoms with van der Waals surface area (Å²) in [4.78, 5) is 26.1. The van der Waals surface area contributed by atoms with E-state index in [1.54, 1.807) is 18.2 Å². The average molecular weight is 400 g/mol. The quantitative estimate of drug-likeness (QED) is 0.609. The summed E-state index contributed by atoms with van der Waals surface area (Å²) in [6, 6.07) is 10.6. The van der Waals surface area contributed by atoms with E-state index in [-0.39, 0.29) is 23.3 Å². The lowest BCUT2D eigenvalue weighted by Gasteiger charge is -2.33. The second-order valence-electron chi connectivity index (χ2n) is 6.79. The maximum atomic E-state index is 14.3. The number of para-hydroxylation sites is 1. The standard InChI is InChI=1S/C22H22F2N2O3/c1-29-20(27)10-5-15-3-2-4-19(24)21(15)25-22(28)16-11-13-26(14-12-16)18-8-6-17(23)7-9-18/h2-10,16H,11-14H2,1H3,(H,25,28)/b10-5+. The van der Waals surface area contributed by atoms with Crippen molar-refractivity contribution in [3.63, 3.8) is 0 Å². The highest BCUT2D eigenvalue weighted by Gasteiger charge is 2.26. The number of esters is 1. The zero-order valence-corrected chi connectivity index (χ0v) is 16.0. The number of ether oxygens (including phenoxy) is 1. The minimum Gasteiger partial charge on any atom is -0.466 e. The number of amides is 1. The Hall–Kier alpha value is -3.22. The van der Waals surface area contributed by atoms with E-state index in [0.717, 1.165) is 5.69 Å². The SMILES string of the molecule is COC(=O)/C=C/c1cccc(F)c1NC(=O)C1CCN(c2ccc(F)cc2)CC1. The van der Waals surface area contributed by atoms with Crippen molar-refractivity contribution in [1.29, 1.82) is 0 Å². The molecule has 152 valence electrons. The third-order valence-electron chi connectivity index (χ3n) is 4.95. The minimum absolute atomic E-state index is 0.0404. The molecule has 0 aliphatic carbocycles. The second-order valence-corrected chi connectivity index (χ2v) is 6.79. The van der Waals surface area contributed by atoms with Crippen LogP contribution in [0.1, 0.15) is 18.4 Å². The van der Waals surface area contributed by atoms with Gasteiger partial charge in [0.1, 0.15) is 11.6 Å². The first-order chi connectivity index (χ1) is 14.0. The summed E-state index contributed by atoms with van der Waals surface area (Å²) in [5.41, 5.74) is 1.33. The molecule has 1 heterocycles. The number of anilines is 2. The molecular formula is C22H22F2N2O3. The molecule has 1 saturated heterocycles. The molecule has 3 rings (SSSR count). The van der Waals surface area contributed by atoms with E-state index in [9.17, 15) is 18.4 Å². The molecule has 1 aliphatic rings. The number of nitrogens with zero attached hydrogens (tertiary/aromatic N) is 1. The van der Waals surface area contributed by atoms with Crippen molar-refractivity contribution >= 4 is 29.3 Å². The fraction of sp³-hybridized carbons (Fsp3) is 0.273. The summed E-state index contributed by atoms with van der Waals surface area (Å²) in [5.74, 6) is -1.95. The Bertz CT molecular complexity index is 905. The molecule has 1 amide bonds. The lowest BCUT2D eigenvalue weighted by molar-refractivity contribution is -0.134. The van der Waals surface area contributed by atoms with Gasteiger partial charge < -0.3 is 15.0 Å². The Morgan fingerprint density at radius 2 is 1.79 bits per heavy atom. The van der Waals surface area contributed by atoms with Crippen LogP contribution < -0.4 is 10.2 Å². The molecule has 0 aromatic heterocycles. The first-order valence-electron chi connectivity index (χ1n) is 9.34. The van der Waals surface area contributed by atoms with Crippen LogP contribution in [0.2, 0.25) is 0 Å².